The van der Waals surface area contributed by atoms with Crippen LogP contribution in [0.4, 0.5) is 0 Å². The van der Waals surface area contributed by atoms with E-state index in [4.69, 9.17) is 0 Å². The van der Waals surface area contributed by atoms with Crippen LogP contribution in [0, 0.1) is 0 Å². The molecular weight excluding hydrogens is 232 g/mol. The summed E-state index contributed by atoms with van der Waals surface area (Å²) in [6, 6.07) is 7.89. The average Bonchev–Trinajstić information content (AvgIpc) is 2.46. The Morgan fingerprint density at radius 3 is 2.74 bits per heavy atom. The molecule has 0 bridgehead atoms. The van der Waals surface area contributed by atoms with Crippen molar-refractivity contribution >= 4 is 18.4 Å². The summed E-state index contributed by atoms with van der Waals surface area (Å²) in [5.74, 6) is 0.105. The summed E-state index contributed by atoms with van der Waals surface area (Å²) < 4.78 is 0. The predicted octanol–water partition coefficient (Wildman–Crippen LogP) is 2.67. The summed E-state index contributed by atoms with van der Waals surface area (Å²) >= 11 is 0. The minimum atomic E-state index is 0.105. The lowest BCUT2D eigenvalue weighted by Gasteiger charge is -2.05. The maximum Gasteiger partial charge on any atom is 0.188 e. The number of carbonyl (C=O) groups is 1. The molecule has 1 aliphatic rings. The number of hydrogen-bond acceptors (Lipinski definition) is 1. The summed E-state index contributed by atoms with van der Waals surface area (Å²) in [6.07, 6.45) is 11.8. The number of benzene rings is 1. The molecule has 0 N–H and O–H groups in total. The molecule has 0 saturated heterocycles. The minimum Gasteiger partial charge on any atom is -0.289 e. The first kappa shape index (κ1) is 13.3. The molecule has 0 radical (unpaired) electrons. The maximum absolute atomic E-state index is 12.2. The molecule has 0 aromatic heterocycles. The fraction of sp³-hybridized carbons (Fsp3) is 0.167. The Hall–Kier alpha value is -2.15. The van der Waals surface area contributed by atoms with Crippen molar-refractivity contribution in [3.8, 4) is 0 Å². The van der Waals surface area contributed by atoms with Crippen molar-refractivity contribution in [3.05, 3.63) is 70.2 Å². The minimum absolute atomic E-state index is 0.105. The summed E-state index contributed by atoms with van der Waals surface area (Å²) in [4.78, 5) is 12.2. The van der Waals surface area contributed by atoms with E-state index < -0.39 is 0 Å². The van der Waals surface area contributed by atoms with Crippen molar-refractivity contribution in [2.45, 2.75) is 19.8 Å². The molecule has 0 aliphatic heterocycles. The molecule has 1 aromatic rings. The first-order valence-electron chi connectivity index (χ1n) is 6.52. The van der Waals surface area contributed by atoms with Crippen LogP contribution in [0.25, 0.3) is 12.7 Å². The SMILES string of the molecule is C=c1cccc/c1=C/C=C(\C)C(=O)C1=CCCC=C1. The van der Waals surface area contributed by atoms with Gasteiger partial charge in [-0.15, -0.1) is 0 Å². The molecule has 1 aliphatic carbocycles. The number of carbonyl (C=O) groups excluding carboxylic acids is 1. The standard InChI is InChI=1S/C18H18O/c1-14-8-6-7-9-16(14)13-12-15(2)18(19)17-10-4-3-5-11-17/h4,6-13H,1,3,5H2,2H3/b15-12+,16-13-. The molecule has 1 heteroatoms. The molecule has 0 heterocycles. The van der Waals surface area contributed by atoms with Crippen LogP contribution >= 0.6 is 0 Å². The van der Waals surface area contributed by atoms with Crippen LogP contribution in [-0.2, 0) is 4.79 Å². The molecule has 0 atom stereocenters. The van der Waals surface area contributed by atoms with Crippen LogP contribution in [0.15, 0.2) is 59.7 Å². The highest BCUT2D eigenvalue weighted by atomic mass is 16.1. The summed E-state index contributed by atoms with van der Waals surface area (Å²) in [5, 5.41) is 2.01. The topological polar surface area (TPSA) is 17.1 Å². The molecule has 0 unspecified atom stereocenters. The normalized spacial score (nSPS) is 16.4. The van der Waals surface area contributed by atoms with Gasteiger partial charge in [-0.2, -0.15) is 0 Å². The van der Waals surface area contributed by atoms with Crippen LogP contribution in [0.2, 0.25) is 0 Å². The second-order valence-corrected chi connectivity index (χ2v) is 4.68. The van der Waals surface area contributed by atoms with Gasteiger partial charge in [0.15, 0.2) is 5.78 Å². The number of allylic oxidation sites excluding steroid dienone is 6. The zero-order valence-corrected chi connectivity index (χ0v) is 11.2. The van der Waals surface area contributed by atoms with E-state index in [0.717, 1.165) is 34.4 Å². The van der Waals surface area contributed by atoms with E-state index in [1.165, 1.54) is 0 Å². The first-order valence-corrected chi connectivity index (χ1v) is 6.52. The Morgan fingerprint density at radius 1 is 1.26 bits per heavy atom. The fourth-order valence-corrected chi connectivity index (χ4v) is 2.00. The highest BCUT2D eigenvalue weighted by Gasteiger charge is 2.09. The molecule has 2 rings (SSSR count). The van der Waals surface area contributed by atoms with Crippen molar-refractivity contribution < 1.29 is 4.79 Å². The zero-order chi connectivity index (χ0) is 13.7. The third kappa shape index (κ3) is 3.41. The van der Waals surface area contributed by atoms with Crippen LogP contribution in [0.1, 0.15) is 19.8 Å². The Labute approximate surface area is 114 Å². The van der Waals surface area contributed by atoms with Gasteiger partial charge in [-0.1, -0.05) is 61.2 Å². The maximum atomic E-state index is 12.2. The molecule has 0 amide bonds. The lowest BCUT2D eigenvalue weighted by Crippen LogP contribution is -2.21. The lowest BCUT2D eigenvalue weighted by molar-refractivity contribution is -0.111. The Kier molecular flexibility index (Phi) is 4.30. The smallest absolute Gasteiger partial charge is 0.188 e. The van der Waals surface area contributed by atoms with E-state index in [1.54, 1.807) is 0 Å². The molecule has 96 valence electrons. The van der Waals surface area contributed by atoms with E-state index in [1.807, 2.05) is 55.5 Å². The highest BCUT2D eigenvalue weighted by Crippen LogP contribution is 2.14. The van der Waals surface area contributed by atoms with Gasteiger partial charge in [-0.3, -0.25) is 4.79 Å². The fourth-order valence-electron chi connectivity index (χ4n) is 2.00. The quantitative estimate of drug-likeness (QED) is 0.754. The zero-order valence-electron chi connectivity index (χ0n) is 11.2. The van der Waals surface area contributed by atoms with Gasteiger partial charge >= 0.3 is 0 Å². The van der Waals surface area contributed by atoms with Crippen LogP contribution in [0.5, 0.6) is 0 Å². The van der Waals surface area contributed by atoms with Crippen molar-refractivity contribution in [1.29, 1.82) is 0 Å². The van der Waals surface area contributed by atoms with Gasteiger partial charge in [0.1, 0.15) is 0 Å². The van der Waals surface area contributed by atoms with Crippen LogP contribution in [-0.4, -0.2) is 5.78 Å². The molecule has 0 spiro atoms. The molecule has 1 nitrogen and oxygen atoms in total. The number of Topliss-reactive ketones (excluding diaryl/α,β-unsaturated/α-hetero) is 1. The summed E-state index contributed by atoms with van der Waals surface area (Å²) in [7, 11) is 0. The number of hydrogen-bond donors (Lipinski definition) is 0. The highest BCUT2D eigenvalue weighted by molar-refractivity contribution is 6.10. The Morgan fingerprint density at radius 2 is 2.05 bits per heavy atom. The molecule has 19 heavy (non-hydrogen) atoms. The lowest BCUT2D eigenvalue weighted by atomic mass is 9.99. The number of rotatable bonds is 3. The molecule has 0 saturated carbocycles. The molecular formula is C18H18O. The van der Waals surface area contributed by atoms with Gasteiger partial charge in [-0.25, -0.2) is 0 Å². The molecule has 0 fully saturated rings. The van der Waals surface area contributed by atoms with Gasteiger partial charge in [0.2, 0.25) is 0 Å². The largest absolute Gasteiger partial charge is 0.289 e. The summed E-state index contributed by atoms with van der Waals surface area (Å²) in [5.41, 5.74) is 1.55. The second-order valence-electron chi connectivity index (χ2n) is 4.68. The van der Waals surface area contributed by atoms with Gasteiger partial charge in [0, 0.05) is 5.57 Å². The van der Waals surface area contributed by atoms with Gasteiger partial charge < -0.3 is 0 Å². The van der Waals surface area contributed by atoms with E-state index >= 15 is 0 Å². The third-order valence-corrected chi connectivity index (χ3v) is 3.18. The van der Waals surface area contributed by atoms with Gasteiger partial charge in [0.05, 0.1) is 0 Å². The first-order chi connectivity index (χ1) is 9.18. The molecule has 1 aromatic carbocycles. The van der Waals surface area contributed by atoms with Crippen molar-refractivity contribution in [1.82, 2.24) is 0 Å². The van der Waals surface area contributed by atoms with Crippen LogP contribution in [0.3, 0.4) is 0 Å². The summed E-state index contributed by atoms with van der Waals surface area (Å²) in [6.45, 7) is 5.82. The Bertz CT molecular complexity index is 672. The van der Waals surface area contributed by atoms with Crippen LogP contribution < -0.4 is 10.4 Å². The van der Waals surface area contributed by atoms with Crippen molar-refractivity contribution in [2.24, 2.45) is 0 Å². The van der Waals surface area contributed by atoms with E-state index in [-0.39, 0.29) is 5.78 Å². The van der Waals surface area contributed by atoms with E-state index in [2.05, 4.69) is 12.7 Å². The average molecular weight is 250 g/mol. The van der Waals surface area contributed by atoms with Gasteiger partial charge in [-0.05, 0) is 35.8 Å². The second kappa shape index (κ2) is 6.14. The third-order valence-electron chi connectivity index (χ3n) is 3.18. The monoisotopic (exact) mass is 250 g/mol. The van der Waals surface area contributed by atoms with E-state index in [9.17, 15) is 4.79 Å². The van der Waals surface area contributed by atoms with Gasteiger partial charge in [0.25, 0.3) is 0 Å². The number of ketones is 1. The van der Waals surface area contributed by atoms with Crippen molar-refractivity contribution in [2.75, 3.05) is 0 Å². The Balaban J connectivity index is 2.25. The van der Waals surface area contributed by atoms with Crippen molar-refractivity contribution in [3.63, 3.8) is 0 Å². The predicted molar refractivity (Wildman–Crippen MR) is 80.9 cm³/mol. The van der Waals surface area contributed by atoms with E-state index in [0.29, 0.717) is 0 Å².